The maximum atomic E-state index is 12.1. The van der Waals surface area contributed by atoms with Gasteiger partial charge in [0.15, 0.2) is 11.6 Å². The number of anilines is 2. The summed E-state index contributed by atoms with van der Waals surface area (Å²) in [6.45, 7) is 3.35. The van der Waals surface area contributed by atoms with E-state index < -0.39 is 6.03 Å². The Morgan fingerprint density at radius 1 is 1.04 bits per heavy atom. The van der Waals surface area contributed by atoms with Crippen LogP contribution in [0.2, 0.25) is 0 Å². The molecule has 0 saturated heterocycles. The first-order valence-electron chi connectivity index (χ1n) is 7.68. The summed E-state index contributed by atoms with van der Waals surface area (Å²) in [4.78, 5) is 27.7. The predicted molar refractivity (Wildman–Crippen MR) is 95.6 cm³/mol. The number of nitrogens with one attached hydrogen (secondary N) is 3. The van der Waals surface area contributed by atoms with Crippen LogP contribution in [-0.2, 0) is 0 Å². The Hall–Kier alpha value is -3.48. The number of nitrogens with zero attached hydrogens (tertiary/aromatic N) is 2. The zero-order valence-electron chi connectivity index (χ0n) is 13.8. The Morgan fingerprint density at radius 2 is 1.80 bits per heavy atom. The van der Waals surface area contributed by atoms with Crippen molar-refractivity contribution >= 4 is 23.3 Å². The standard InChI is InChI=1S/C18H17N5O2/c1-11-3-4-14(9-15(11)12(2)24)20-18(25)21-17-10-16(22-23-17)13-5-7-19-8-6-13/h3-10H,1-2H3,(H3,20,21,22,23,25). The molecule has 0 radical (unpaired) electrons. The molecule has 0 aliphatic rings. The molecule has 0 bridgehead atoms. The lowest BCUT2D eigenvalue weighted by molar-refractivity contribution is 0.101. The first-order chi connectivity index (χ1) is 12.0. The molecular formula is C18H17N5O2. The van der Waals surface area contributed by atoms with Gasteiger partial charge in [-0.25, -0.2) is 4.79 Å². The lowest BCUT2D eigenvalue weighted by Gasteiger charge is -2.08. The topological polar surface area (TPSA) is 99.8 Å². The number of aryl methyl sites for hydroxylation is 1. The number of benzene rings is 1. The van der Waals surface area contributed by atoms with Crippen molar-refractivity contribution < 1.29 is 9.59 Å². The molecule has 3 aromatic rings. The summed E-state index contributed by atoms with van der Waals surface area (Å²) in [5.74, 6) is 0.346. The Morgan fingerprint density at radius 3 is 2.52 bits per heavy atom. The van der Waals surface area contributed by atoms with Crippen LogP contribution in [0.3, 0.4) is 0 Å². The van der Waals surface area contributed by atoms with Crippen LogP contribution in [0.4, 0.5) is 16.3 Å². The van der Waals surface area contributed by atoms with Gasteiger partial charge in [0, 0.05) is 35.3 Å². The quantitative estimate of drug-likeness (QED) is 0.634. The summed E-state index contributed by atoms with van der Waals surface area (Å²) in [6, 6.07) is 10.2. The highest BCUT2D eigenvalue weighted by atomic mass is 16.2. The second kappa shape index (κ2) is 6.96. The summed E-state index contributed by atoms with van der Waals surface area (Å²) >= 11 is 0. The fraction of sp³-hybridized carbons (Fsp3) is 0.111. The van der Waals surface area contributed by atoms with Gasteiger partial charge in [0.05, 0.1) is 5.69 Å². The van der Waals surface area contributed by atoms with Crippen molar-refractivity contribution in [2.45, 2.75) is 13.8 Å². The van der Waals surface area contributed by atoms with Crippen LogP contribution >= 0.6 is 0 Å². The molecule has 0 spiro atoms. The molecule has 2 heterocycles. The third kappa shape index (κ3) is 3.89. The van der Waals surface area contributed by atoms with Gasteiger partial charge in [-0.15, -0.1) is 0 Å². The van der Waals surface area contributed by atoms with E-state index in [0.29, 0.717) is 17.1 Å². The predicted octanol–water partition coefficient (Wildman–Crippen LogP) is 3.63. The molecule has 7 nitrogen and oxygen atoms in total. The number of ketones is 1. The number of amides is 2. The molecule has 7 heteroatoms. The molecular weight excluding hydrogens is 318 g/mol. The number of H-pyrrole nitrogens is 1. The Balaban J connectivity index is 1.68. The summed E-state index contributed by atoms with van der Waals surface area (Å²) in [5.41, 5.74) is 3.68. The van der Waals surface area contributed by atoms with E-state index >= 15 is 0 Å². The largest absolute Gasteiger partial charge is 0.324 e. The normalized spacial score (nSPS) is 10.3. The van der Waals surface area contributed by atoms with Gasteiger partial charge in [-0.2, -0.15) is 5.10 Å². The van der Waals surface area contributed by atoms with Gasteiger partial charge in [-0.1, -0.05) is 6.07 Å². The number of aromatic amines is 1. The number of carbonyl (C=O) groups excluding carboxylic acids is 2. The number of urea groups is 1. The van der Waals surface area contributed by atoms with E-state index in [1.807, 2.05) is 19.1 Å². The van der Waals surface area contributed by atoms with Gasteiger partial charge < -0.3 is 5.32 Å². The molecule has 3 rings (SSSR count). The third-order valence-corrected chi connectivity index (χ3v) is 3.69. The van der Waals surface area contributed by atoms with Crippen molar-refractivity contribution in [2.24, 2.45) is 0 Å². The molecule has 0 fully saturated rings. The molecule has 2 aromatic heterocycles. The van der Waals surface area contributed by atoms with Gasteiger partial charge in [-0.3, -0.25) is 20.2 Å². The zero-order valence-corrected chi connectivity index (χ0v) is 13.8. The van der Waals surface area contributed by atoms with E-state index in [2.05, 4.69) is 25.8 Å². The maximum Gasteiger partial charge on any atom is 0.324 e. The van der Waals surface area contributed by atoms with Crippen molar-refractivity contribution in [1.82, 2.24) is 15.2 Å². The third-order valence-electron chi connectivity index (χ3n) is 3.69. The molecule has 25 heavy (non-hydrogen) atoms. The lowest BCUT2D eigenvalue weighted by atomic mass is 10.0. The van der Waals surface area contributed by atoms with E-state index in [9.17, 15) is 9.59 Å². The van der Waals surface area contributed by atoms with E-state index in [1.54, 1.807) is 36.7 Å². The Bertz CT molecular complexity index is 918. The van der Waals surface area contributed by atoms with Crippen molar-refractivity contribution in [3.8, 4) is 11.3 Å². The first kappa shape index (κ1) is 16.4. The summed E-state index contributed by atoms with van der Waals surface area (Å²) in [5, 5.41) is 12.3. The summed E-state index contributed by atoms with van der Waals surface area (Å²) < 4.78 is 0. The van der Waals surface area contributed by atoms with E-state index in [0.717, 1.165) is 16.8 Å². The maximum absolute atomic E-state index is 12.1. The fourth-order valence-corrected chi connectivity index (χ4v) is 2.42. The fourth-order valence-electron chi connectivity index (χ4n) is 2.42. The molecule has 126 valence electrons. The van der Waals surface area contributed by atoms with Crippen LogP contribution in [-0.4, -0.2) is 27.0 Å². The van der Waals surface area contributed by atoms with E-state index in [1.165, 1.54) is 6.92 Å². The molecule has 0 unspecified atom stereocenters. The summed E-state index contributed by atoms with van der Waals surface area (Å²) in [7, 11) is 0. The minimum Gasteiger partial charge on any atom is -0.308 e. The average molecular weight is 335 g/mol. The number of pyridine rings is 1. The van der Waals surface area contributed by atoms with Gasteiger partial charge >= 0.3 is 6.03 Å². The number of rotatable bonds is 4. The smallest absolute Gasteiger partial charge is 0.308 e. The minimum absolute atomic E-state index is 0.0455. The van der Waals surface area contributed by atoms with Crippen LogP contribution in [0.1, 0.15) is 22.8 Å². The van der Waals surface area contributed by atoms with Gasteiger partial charge in [0.1, 0.15) is 0 Å². The van der Waals surface area contributed by atoms with Crippen LogP contribution in [0.25, 0.3) is 11.3 Å². The molecule has 3 N–H and O–H groups in total. The molecule has 2 amide bonds. The monoisotopic (exact) mass is 335 g/mol. The van der Waals surface area contributed by atoms with Crippen molar-refractivity contribution in [2.75, 3.05) is 10.6 Å². The second-order valence-electron chi connectivity index (χ2n) is 5.57. The van der Waals surface area contributed by atoms with Gasteiger partial charge in [0.2, 0.25) is 0 Å². The van der Waals surface area contributed by atoms with Gasteiger partial charge in [0.25, 0.3) is 0 Å². The number of hydrogen-bond donors (Lipinski definition) is 3. The Labute approximate surface area is 144 Å². The van der Waals surface area contributed by atoms with Crippen molar-refractivity contribution in [1.29, 1.82) is 0 Å². The lowest BCUT2D eigenvalue weighted by Crippen LogP contribution is -2.19. The van der Waals surface area contributed by atoms with Crippen LogP contribution in [0.15, 0.2) is 48.8 Å². The highest BCUT2D eigenvalue weighted by Gasteiger charge is 2.10. The highest BCUT2D eigenvalue weighted by molar-refractivity contribution is 6.01. The number of carbonyl (C=O) groups is 2. The highest BCUT2D eigenvalue weighted by Crippen LogP contribution is 2.19. The van der Waals surface area contributed by atoms with E-state index in [-0.39, 0.29) is 5.78 Å². The summed E-state index contributed by atoms with van der Waals surface area (Å²) in [6.07, 6.45) is 3.36. The van der Waals surface area contributed by atoms with Crippen molar-refractivity contribution in [3.05, 3.63) is 59.9 Å². The van der Waals surface area contributed by atoms with Gasteiger partial charge in [-0.05, 0) is 43.7 Å². The molecule has 0 atom stereocenters. The minimum atomic E-state index is -0.439. The van der Waals surface area contributed by atoms with Crippen LogP contribution in [0, 0.1) is 6.92 Å². The Kier molecular flexibility index (Phi) is 4.56. The molecule has 1 aromatic carbocycles. The van der Waals surface area contributed by atoms with E-state index in [4.69, 9.17) is 0 Å². The van der Waals surface area contributed by atoms with Crippen molar-refractivity contribution in [3.63, 3.8) is 0 Å². The first-order valence-corrected chi connectivity index (χ1v) is 7.68. The molecule has 0 aliphatic heterocycles. The molecule has 0 aliphatic carbocycles. The average Bonchev–Trinajstić information content (AvgIpc) is 3.05. The van der Waals surface area contributed by atoms with Crippen LogP contribution in [0.5, 0.6) is 0 Å². The van der Waals surface area contributed by atoms with Crippen LogP contribution < -0.4 is 10.6 Å². The zero-order chi connectivity index (χ0) is 17.8. The second-order valence-corrected chi connectivity index (χ2v) is 5.57. The SMILES string of the molecule is CC(=O)c1cc(NC(=O)Nc2cc(-c3ccncc3)[nH]n2)ccc1C. The number of hydrogen-bond acceptors (Lipinski definition) is 4. The number of Topliss-reactive ketones (excluding diaryl/α,β-unsaturated/α-hetero) is 1. The molecule has 0 saturated carbocycles. The number of aromatic nitrogens is 3.